The molecule has 0 aromatic carbocycles. The quantitative estimate of drug-likeness (QED) is 0.415. The summed E-state index contributed by atoms with van der Waals surface area (Å²) in [6.45, 7) is 2.00. The number of ether oxygens (including phenoxy) is 3. The molecule has 2 aromatic rings. The summed E-state index contributed by atoms with van der Waals surface area (Å²) in [5.74, 6) is 5.93. The van der Waals surface area contributed by atoms with Gasteiger partial charge in [0.15, 0.2) is 6.29 Å². The van der Waals surface area contributed by atoms with E-state index in [0.717, 1.165) is 31.6 Å². The summed E-state index contributed by atoms with van der Waals surface area (Å²) in [6, 6.07) is 1.89. The molecule has 10 nitrogen and oxygen atoms in total. The monoisotopic (exact) mass is 411 g/mol. The van der Waals surface area contributed by atoms with E-state index in [1.807, 2.05) is 12.3 Å². The van der Waals surface area contributed by atoms with E-state index < -0.39 is 0 Å². The maximum atomic E-state index is 6.09. The van der Waals surface area contributed by atoms with Gasteiger partial charge in [0.25, 0.3) is 0 Å². The predicted molar refractivity (Wildman–Crippen MR) is 109 cm³/mol. The van der Waals surface area contributed by atoms with Crippen LogP contribution in [0.2, 0.25) is 0 Å². The van der Waals surface area contributed by atoms with E-state index in [-0.39, 0.29) is 17.8 Å². The molecule has 5 rings (SSSR count). The predicted octanol–water partition coefficient (Wildman–Crippen LogP) is 1.40. The van der Waals surface area contributed by atoms with E-state index in [2.05, 4.69) is 25.4 Å². The van der Waals surface area contributed by atoms with Crippen LogP contribution in [0.3, 0.4) is 0 Å². The molecule has 0 unspecified atom stereocenters. The van der Waals surface area contributed by atoms with Crippen LogP contribution in [-0.2, 0) is 16.0 Å². The van der Waals surface area contributed by atoms with Gasteiger partial charge in [-0.3, -0.25) is 4.99 Å². The van der Waals surface area contributed by atoms with E-state index in [0.29, 0.717) is 29.4 Å². The molecule has 1 aliphatic heterocycles. The third-order valence-electron chi connectivity index (χ3n) is 5.63. The Hall–Kier alpha value is -2.85. The molecular formula is C20H25N7O3. The summed E-state index contributed by atoms with van der Waals surface area (Å²) < 4.78 is 19.5. The zero-order chi connectivity index (χ0) is 20.6. The van der Waals surface area contributed by atoms with Gasteiger partial charge in [-0.2, -0.15) is 5.10 Å². The average molecular weight is 411 g/mol. The lowest BCUT2D eigenvalue weighted by Gasteiger charge is -2.29. The second-order valence-corrected chi connectivity index (χ2v) is 8.15. The first kappa shape index (κ1) is 19.1. The van der Waals surface area contributed by atoms with Crippen molar-refractivity contribution in [2.75, 3.05) is 20.3 Å². The number of hydrazone groups is 1. The summed E-state index contributed by atoms with van der Waals surface area (Å²) in [5.41, 5.74) is 2.95. The third kappa shape index (κ3) is 4.05. The Labute approximate surface area is 174 Å². The minimum atomic E-state index is -0.304. The molecule has 3 heterocycles. The smallest absolute Gasteiger partial charge is 0.177 e. The Morgan fingerprint density at radius 2 is 2.17 bits per heavy atom. The Morgan fingerprint density at radius 1 is 1.37 bits per heavy atom. The number of nitrogens with zero attached hydrogens (tertiary/aromatic N) is 6. The van der Waals surface area contributed by atoms with Crippen LogP contribution < -0.4 is 10.6 Å². The first-order chi connectivity index (χ1) is 14.7. The Bertz CT molecular complexity index is 969. The lowest BCUT2D eigenvalue weighted by atomic mass is 10.1. The van der Waals surface area contributed by atoms with Crippen LogP contribution in [0.4, 0.5) is 0 Å². The van der Waals surface area contributed by atoms with Crippen LogP contribution in [0.15, 0.2) is 28.6 Å². The van der Waals surface area contributed by atoms with E-state index in [4.69, 9.17) is 20.1 Å². The number of hydrogen-bond donors (Lipinski definition) is 1. The summed E-state index contributed by atoms with van der Waals surface area (Å²) in [4.78, 5) is 8.78. The topological polar surface area (TPSA) is 122 Å². The van der Waals surface area contributed by atoms with Crippen LogP contribution in [0, 0.1) is 5.41 Å². The molecule has 3 aliphatic rings. The minimum absolute atomic E-state index is 0.208. The molecule has 158 valence electrons. The minimum Gasteiger partial charge on any atom is -0.488 e. The van der Waals surface area contributed by atoms with Crippen LogP contribution in [0.25, 0.3) is 11.4 Å². The molecule has 2 aromatic heterocycles. The van der Waals surface area contributed by atoms with Gasteiger partial charge in [0, 0.05) is 24.2 Å². The first-order valence-corrected chi connectivity index (χ1v) is 10.2. The normalized spacial score (nSPS) is 21.4. The van der Waals surface area contributed by atoms with Crippen molar-refractivity contribution >= 4 is 11.9 Å². The molecule has 1 spiro atoms. The maximum Gasteiger partial charge on any atom is 0.177 e. The van der Waals surface area contributed by atoms with E-state index >= 15 is 0 Å². The van der Waals surface area contributed by atoms with Gasteiger partial charge in [-0.15, -0.1) is 5.10 Å². The van der Waals surface area contributed by atoms with Crippen LogP contribution in [0.1, 0.15) is 31.2 Å². The zero-order valence-electron chi connectivity index (χ0n) is 16.9. The fourth-order valence-electron chi connectivity index (χ4n) is 3.41. The SMILES string of the molecule is CN=C(/C=N\N)c1cnc(-c2cn(CC3OCC4(CC4)CO3)nn2)c(OC2CC2)c1. The van der Waals surface area contributed by atoms with Crippen LogP contribution >= 0.6 is 0 Å². The first-order valence-electron chi connectivity index (χ1n) is 10.2. The van der Waals surface area contributed by atoms with E-state index in [1.165, 1.54) is 19.1 Å². The second-order valence-electron chi connectivity index (χ2n) is 8.15. The summed E-state index contributed by atoms with van der Waals surface area (Å²) >= 11 is 0. The van der Waals surface area contributed by atoms with Crippen molar-refractivity contribution in [2.24, 2.45) is 21.4 Å². The van der Waals surface area contributed by atoms with Crippen molar-refractivity contribution in [3.05, 3.63) is 24.0 Å². The highest BCUT2D eigenvalue weighted by molar-refractivity contribution is 6.38. The van der Waals surface area contributed by atoms with Gasteiger partial charge >= 0.3 is 0 Å². The lowest BCUT2D eigenvalue weighted by Crippen LogP contribution is -2.36. The fourth-order valence-corrected chi connectivity index (χ4v) is 3.41. The van der Waals surface area contributed by atoms with Gasteiger partial charge < -0.3 is 20.1 Å². The number of rotatable bonds is 7. The molecule has 0 radical (unpaired) electrons. The molecule has 3 fully saturated rings. The summed E-state index contributed by atoms with van der Waals surface area (Å²) in [5, 5.41) is 12.1. The highest BCUT2D eigenvalue weighted by atomic mass is 16.7. The molecular weight excluding hydrogens is 386 g/mol. The number of aliphatic imine (C=N–C) groups is 1. The standard InChI is InChI=1S/C20H25N7O3/c1-22-15(8-24-21)13-6-17(30-14-2-3-14)19(23-7-13)16-9-27(26-25-16)10-18-28-11-20(4-5-20)12-29-18/h6-9,14,18H,2-5,10-12,21H2,1H3/b22-15?,24-8-. The zero-order valence-corrected chi connectivity index (χ0v) is 16.9. The number of hydrogen-bond acceptors (Lipinski definition) is 9. The summed E-state index contributed by atoms with van der Waals surface area (Å²) in [6.07, 6.45) is 9.40. The van der Waals surface area contributed by atoms with Gasteiger partial charge in [0.05, 0.1) is 44.0 Å². The maximum absolute atomic E-state index is 6.09. The van der Waals surface area contributed by atoms with Gasteiger partial charge in [-0.1, -0.05) is 5.21 Å². The lowest BCUT2D eigenvalue weighted by molar-refractivity contribution is -0.213. The van der Waals surface area contributed by atoms with Gasteiger partial charge in [-0.05, 0) is 31.7 Å². The van der Waals surface area contributed by atoms with Crippen molar-refractivity contribution in [3.63, 3.8) is 0 Å². The molecule has 2 aliphatic carbocycles. The van der Waals surface area contributed by atoms with Crippen molar-refractivity contribution in [1.82, 2.24) is 20.0 Å². The Morgan fingerprint density at radius 3 is 2.83 bits per heavy atom. The molecule has 1 saturated heterocycles. The molecule has 0 amide bonds. The third-order valence-corrected chi connectivity index (χ3v) is 5.63. The van der Waals surface area contributed by atoms with Crippen molar-refractivity contribution in [1.29, 1.82) is 0 Å². The average Bonchev–Trinajstić information content (AvgIpc) is 3.68. The van der Waals surface area contributed by atoms with Gasteiger partial charge in [0.1, 0.15) is 17.1 Å². The molecule has 0 bridgehead atoms. The van der Waals surface area contributed by atoms with Gasteiger partial charge in [-0.25, -0.2) is 9.67 Å². The van der Waals surface area contributed by atoms with Crippen LogP contribution in [0.5, 0.6) is 5.75 Å². The Balaban J connectivity index is 1.35. The molecule has 2 saturated carbocycles. The largest absolute Gasteiger partial charge is 0.488 e. The van der Waals surface area contributed by atoms with Crippen LogP contribution in [-0.4, -0.2) is 64.6 Å². The van der Waals surface area contributed by atoms with Crippen molar-refractivity contribution in [2.45, 2.75) is 44.6 Å². The molecule has 10 heteroatoms. The molecule has 2 N–H and O–H groups in total. The molecule has 30 heavy (non-hydrogen) atoms. The van der Waals surface area contributed by atoms with E-state index in [1.54, 1.807) is 17.9 Å². The highest BCUT2D eigenvalue weighted by Gasteiger charge is 2.47. The van der Waals surface area contributed by atoms with Gasteiger partial charge in [0.2, 0.25) is 0 Å². The van der Waals surface area contributed by atoms with E-state index in [9.17, 15) is 0 Å². The fraction of sp³-hybridized carbons (Fsp3) is 0.550. The summed E-state index contributed by atoms with van der Waals surface area (Å²) in [7, 11) is 1.68. The molecule has 0 atom stereocenters. The number of pyridine rings is 1. The number of aromatic nitrogens is 4. The van der Waals surface area contributed by atoms with Crippen molar-refractivity contribution in [3.8, 4) is 17.1 Å². The Kier molecular flexibility index (Phi) is 4.95. The van der Waals surface area contributed by atoms with Crippen molar-refractivity contribution < 1.29 is 14.2 Å². The number of nitrogens with two attached hydrogens (primary N) is 1. The second kappa shape index (κ2) is 7.77. The highest BCUT2D eigenvalue weighted by Crippen LogP contribution is 2.48.